The molecule has 0 fully saturated rings. The fourth-order valence-electron chi connectivity index (χ4n) is 2.65. The summed E-state index contributed by atoms with van der Waals surface area (Å²) >= 11 is 0. The van der Waals surface area contributed by atoms with Gasteiger partial charge in [-0.15, -0.1) is 0 Å². The lowest BCUT2D eigenvalue weighted by molar-refractivity contribution is -0.385. The number of fused-ring (bicyclic) bond motifs is 1. The first-order chi connectivity index (χ1) is 12.4. The van der Waals surface area contributed by atoms with Gasteiger partial charge in [-0.05, 0) is 24.3 Å². The van der Waals surface area contributed by atoms with E-state index in [0.29, 0.717) is 11.0 Å². The number of esters is 1. The van der Waals surface area contributed by atoms with Gasteiger partial charge >= 0.3 is 17.3 Å². The van der Waals surface area contributed by atoms with Crippen molar-refractivity contribution in [2.45, 2.75) is 6.54 Å². The SMILES string of the molecule is COc1ccc(OC(=O)Cn2c(=O)n(C)c3ccccc32)c([N+](=O)[O-])c1. The number of carbonyl (C=O) groups excluding carboxylic acids is 1. The summed E-state index contributed by atoms with van der Waals surface area (Å²) in [5, 5.41) is 11.2. The van der Waals surface area contributed by atoms with Crippen molar-refractivity contribution in [2.24, 2.45) is 7.05 Å². The molecule has 1 aromatic heterocycles. The molecule has 1 heterocycles. The van der Waals surface area contributed by atoms with E-state index in [-0.39, 0.29) is 23.7 Å². The van der Waals surface area contributed by atoms with Crippen LogP contribution in [0.15, 0.2) is 47.3 Å². The van der Waals surface area contributed by atoms with Gasteiger partial charge in [0.1, 0.15) is 12.3 Å². The summed E-state index contributed by atoms with van der Waals surface area (Å²) in [5.41, 5.74) is 0.456. The maximum absolute atomic E-state index is 12.3. The second-order valence-electron chi connectivity index (χ2n) is 5.48. The Hall–Kier alpha value is -3.62. The van der Waals surface area contributed by atoms with Gasteiger partial charge in [0.25, 0.3) is 0 Å². The number of hydrogen-bond acceptors (Lipinski definition) is 6. The minimum absolute atomic E-state index is 0.214. The third-order valence-electron chi connectivity index (χ3n) is 3.93. The normalized spacial score (nSPS) is 10.7. The van der Waals surface area contributed by atoms with Gasteiger partial charge in [0.05, 0.1) is 29.1 Å². The number of aromatic nitrogens is 2. The van der Waals surface area contributed by atoms with Gasteiger partial charge in [-0.25, -0.2) is 9.59 Å². The average Bonchev–Trinajstić information content (AvgIpc) is 2.87. The number of imidazole rings is 1. The van der Waals surface area contributed by atoms with Crippen LogP contribution in [0.2, 0.25) is 0 Å². The molecular formula is C17H15N3O6. The monoisotopic (exact) mass is 357 g/mol. The molecule has 0 spiro atoms. The van der Waals surface area contributed by atoms with Gasteiger partial charge in [0, 0.05) is 7.05 Å². The van der Waals surface area contributed by atoms with E-state index in [1.165, 1.54) is 28.4 Å². The molecule has 26 heavy (non-hydrogen) atoms. The van der Waals surface area contributed by atoms with Crippen molar-refractivity contribution >= 4 is 22.7 Å². The number of benzene rings is 2. The van der Waals surface area contributed by atoms with Gasteiger partial charge in [0.15, 0.2) is 0 Å². The van der Waals surface area contributed by atoms with Crippen molar-refractivity contribution in [1.29, 1.82) is 0 Å². The number of nitrogens with zero attached hydrogens (tertiary/aromatic N) is 3. The molecule has 0 bridgehead atoms. The molecule has 0 saturated heterocycles. The number of methoxy groups -OCH3 is 1. The molecule has 0 saturated carbocycles. The summed E-state index contributed by atoms with van der Waals surface area (Å²) in [4.78, 5) is 35.1. The van der Waals surface area contributed by atoms with Crippen LogP contribution < -0.4 is 15.2 Å². The van der Waals surface area contributed by atoms with E-state index in [1.807, 2.05) is 0 Å². The highest BCUT2D eigenvalue weighted by atomic mass is 16.6. The van der Waals surface area contributed by atoms with Crippen LogP contribution >= 0.6 is 0 Å². The molecule has 0 amide bonds. The Morgan fingerprint density at radius 2 is 1.88 bits per heavy atom. The Balaban J connectivity index is 1.90. The van der Waals surface area contributed by atoms with Crippen LogP contribution in [-0.2, 0) is 18.4 Å². The van der Waals surface area contributed by atoms with Crippen LogP contribution in [-0.4, -0.2) is 27.1 Å². The summed E-state index contributed by atoms with van der Waals surface area (Å²) < 4.78 is 12.7. The number of rotatable bonds is 5. The van der Waals surface area contributed by atoms with Crippen molar-refractivity contribution in [3.63, 3.8) is 0 Å². The van der Waals surface area contributed by atoms with E-state index in [1.54, 1.807) is 31.3 Å². The fourth-order valence-corrected chi connectivity index (χ4v) is 2.65. The maximum Gasteiger partial charge on any atom is 0.331 e. The van der Waals surface area contributed by atoms with E-state index in [4.69, 9.17) is 9.47 Å². The van der Waals surface area contributed by atoms with Crippen LogP contribution in [0.1, 0.15) is 0 Å². The molecule has 0 aliphatic heterocycles. The Morgan fingerprint density at radius 3 is 2.54 bits per heavy atom. The van der Waals surface area contributed by atoms with Gasteiger partial charge < -0.3 is 9.47 Å². The standard InChI is InChI=1S/C17H15N3O6/c1-18-12-5-3-4-6-13(12)19(17(18)22)10-16(21)26-15-8-7-11(25-2)9-14(15)20(23)24/h3-9H,10H2,1-2H3. The second kappa shape index (κ2) is 6.71. The zero-order valence-electron chi connectivity index (χ0n) is 14.0. The molecule has 3 rings (SSSR count). The summed E-state index contributed by atoms with van der Waals surface area (Å²) in [6, 6.07) is 10.9. The predicted octanol–water partition coefficient (Wildman–Crippen LogP) is 1.86. The van der Waals surface area contributed by atoms with E-state index in [0.717, 1.165) is 6.07 Å². The van der Waals surface area contributed by atoms with Crippen LogP contribution in [0.5, 0.6) is 11.5 Å². The molecule has 2 aromatic carbocycles. The van der Waals surface area contributed by atoms with Crippen molar-refractivity contribution in [1.82, 2.24) is 9.13 Å². The summed E-state index contributed by atoms with van der Waals surface area (Å²) in [6.07, 6.45) is 0. The van der Waals surface area contributed by atoms with E-state index < -0.39 is 16.6 Å². The molecule has 0 unspecified atom stereocenters. The topological polar surface area (TPSA) is 106 Å². The first kappa shape index (κ1) is 17.2. The zero-order chi connectivity index (χ0) is 18.8. The van der Waals surface area contributed by atoms with E-state index in [9.17, 15) is 19.7 Å². The lowest BCUT2D eigenvalue weighted by Gasteiger charge is -2.07. The average molecular weight is 357 g/mol. The van der Waals surface area contributed by atoms with E-state index in [2.05, 4.69) is 0 Å². The number of para-hydroxylation sites is 2. The molecule has 0 aliphatic carbocycles. The Morgan fingerprint density at radius 1 is 1.19 bits per heavy atom. The van der Waals surface area contributed by atoms with Crippen molar-refractivity contribution < 1.29 is 19.2 Å². The Kier molecular flexibility index (Phi) is 4.44. The lowest BCUT2D eigenvalue weighted by atomic mass is 10.3. The minimum atomic E-state index is -0.795. The first-order valence-electron chi connectivity index (χ1n) is 7.59. The summed E-state index contributed by atoms with van der Waals surface area (Å²) in [7, 11) is 2.97. The van der Waals surface area contributed by atoms with Gasteiger partial charge in [-0.1, -0.05) is 12.1 Å². The molecule has 0 radical (unpaired) electrons. The number of ether oxygens (including phenoxy) is 2. The third-order valence-corrected chi connectivity index (χ3v) is 3.93. The van der Waals surface area contributed by atoms with Crippen molar-refractivity contribution in [3.8, 4) is 11.5 Å². The highest BCUT2D eigenvalue weighted by molar-refractivity contribution is 5.80. The zero-order valence-corrected chi connectivity index (χ0v) is 14.0. The van der Waals surface area contributed by atoms with Crippen LogP contribution in [0.4, 0.5) is 5.69 Å². The maximum atomic E-state index is 12.3. The number of nitro benzene ring substituents is 1. The molecule has 134 valence electrons. The molecule has 0 aliphatic rings. The molecule has 3 aromatic rings. The summed E-state index contributed by atoms with van der Waals surface area (Å²) in [5.74, 6) is -0.743. The fraction of sp³-hybridized carbons (Fsp3) is 0.176. The molecule has 9 heteroatoms. The van der Waals surface area contributed by atoms with Gasteiger partial charge in [-0.2, -0.15) is 0 Å². The number of nitro groups is 1. The number of hydrogen-bond donors (Lipinski definition) is 0. The third kappa shape index (κ3) is 3.02. The number of carbonyl (C=O) groups is 1. The van der Waals surface area contributed by atoms with E-state index >= 15 is 0 Å². The van der Waals surface area contributed by atoms with Crippen LogP contribution in [0, 0.1) is 10.1 Å². The van der Waals surface area contributed by atoms with Crippen molar-refractivity contribution in [2.75, 3.05) is 7.11 Å². The Labute approximate surface area is 147 Å². The van der Waals surface area contributed by atoms with Gasteiger partial charge in [0.2, 0.25) is 5.75 Å². The smallest absolute Gasteiger partial charge is 0.331 e. The Bertz CT molecular complexity index is 1070. The molecule has 0 N–H and O–H groups in total. The number of aryl methyl sites for hydroxylation is 1. The second-order valence-corrected chi connectivity index (χ2v) is 5.48. The first-order valence-corrected chi connectivity index (χ1v) is 7.59. The van der Waals surface area contributed by atoms with Crippen LogP contribution in [0.3, 0.4) is 0 Å². The molecule has 0 atom stereocenters. The highest BCUT2D eigenvalue weighted by Crippen LogP contribution is 2.31. The molecular weight excluding hydrogens is 342 g/mol. The van der Waals surface area contributed by atoms with Crippen LogP contribution in [0.25, 0.3) is 11.0 Å². The van der Waals surface area contributed by atoms with Crippen molar-refractivity contribution in [3.05, 3.63) is 63.1 Å². The largest absolute Gasteiger partial charge is 0.496 e. The molecule has 9 nitrogen and oxygen atoms in total. The van der Waals surface area contributed by atoms with Gasteiger partial charge in [-0.3, -0.25) is 19.2 Å². The minimum Gasteiger partial charge on any atom is -0.496 e. The predicted molar refractivity (Wildman–Crippen MR) is 92.5 cm³/mol. The quantitative estimate of drug-likeness (QED) is 0.299. The highest BCUT2D eigenvalue weighted by Gasteiger charge is 2.21. The summed E-state index contributed by atoms with van der Waals surface area (Å²) in [6.45, 7) is -0.372. The lowest BCUT2D eigenvalue weighted by Crippen LogP contribution is -2.27.